The average Bonchev–Trinajstić information content (AvgIpc) is 2.56. The maximum absolute atomic E-state index is 11.9. The number of rotatable bonds is 3. The first-order chi connectivity index (χ1) is 11.1. The Morgan fingerprint density at radius 3 is 2.70 bits per heavy atom. The topological polar surface area (TPSA) is 41.6 Å². The first-order valence-corrected chi connectivity index (χ1v) is 7.83. The summed E-state index contributed by atoms with van der Waals surface area (Å²) in [5.74, 6) is -0.256. The van der Waals surface area contributed by atoms with Crippen LogP contribution < -0.4 is 10.2 Å². The fourth-order valence-corrected chi connectivity index (χ4v) is 3.20. The van der Waals surface area contributed by atoms with Crippen molar-refractivity contribution in [1.29, 1.82) is 0 Å². The van der Waals surface area contributed by atoms with Gasteiger partial charge in [0.1, 0.15) is 0 Å². The molecule has 0 amide bonds. The first kappa shape index (κ1) is 15.5. The van der Waals surface area contributed by atoms with E-state index in [1.165, 1.54) is 7.11 Å². The van der Waals surface area contributed by atoms with E-state index in [0.29, 0.717) is 5.11 Å². The predicted octanol–water partition coefficient (Wildman–Crippen LogP) is 3.82. The molecule has 0 radical (unpaired) electrons. The van der Waals surface area contributed by atoms with Crippen LogP contribution in [0.1, 0.15) is 23.6 Å². The van der Waals surface area contributed by atoms with Gasteiger partial charge < -0.3 is 15.0 Å². The van der Waals surface area contributed by atoms with Crippen molar-refractivity contribution in [3.63, 3.8) is 0 Å². The van der Waals surface area contributed by atoms with Crippen molar-refractivity contribution in [2.45, 2.75) is 19.4 Å². The van der Waals surface area contributed by atoms with Crippen molar-refractivity contribution < 1.29 is 9.53 Å². The zero-order valence-corrected chi connectivity index (χ0v) is 13.9. The number of carbonyl (C=O) groups is 1. The van der Waals surface area contributed by atoms with E-state index in [4.69, 9.17) is 17.0 Å². The lowest BCUT2D eigenvalue weighted by Crippen LogP contribution is -2.43. The second-order valence-corrected chi connectivity index (χ2v) is 5.91. The first-order valence-electron chi connectivity index (χ1n) is 7.43. The predicted molar refractivity (Wildman–Crippen MR) is 95.7 cm³/mol. The molecule has 0 saturated heterocycles. The van der Waals surface area contributed by atoms with E-state index in [9.17, 15) is 4.79 Å². The van der Waals surface area contributed by atoms with Crippen LogP contribution in [0.25, 0.3) is 0 Å². The van der Waals surface area contributed by atoms with Crippen LogP contribution in [0.2, 0.25) is 0 Å². The summed E-state index contributed by atoms with van der Waals surface area (Å²) in [5, 5.41) is 3.85. The Balaban J connectivity index is 2.10. The SMILES string of the molecule is COC(=O)CC1c2cc(C)ccc2NC(=S)N1c1ccccc1. The molecule has 5 heteroatoms. The van der Waals surface area contributed by atoms with E-state index >= 15 is 0 Å². The van der Waals surface area contributed by atoms with E-state index in [2.05, 4.69) is 11.4 Å². The van der Waals surface area contributed by atoms with Gasteiger partial charge in [0.05, 0.1) is 19.6 Å². The summed E-state index contributed by atoms with van der Waals surface area (Å²) in [4.78, 5) is 13.9. The van der Waals surface area contributed by atoms with Gasteiger partial charge in [0.25, 0.3) is 0 Å². The molecule has 0 aliphatic carbocycles. The number of hydrogen-bond acceptors (Lipinski definition) is 3. The molecular formula is C18H18N2O2S. The second kappa shape index (κ2) is 6.38. The highest BCUT2D eigenvalue weighted by Gasteiger charge is 2.33. The number of hydrogen-bond donors (Lipinski definition) is 1. The van der Waals surface area contributed by atoms with Crippen molar-refractivity contribution in [3.8, 4) is 0 Å². The number of carbonyl (C=O) groups excluding carboxylic acids is 1. The molecule has 1 unspecified atom stereocenters. The quantitative estimate of drug-likeness (QED) is 0.686. The molecule has 0 aromatic heterocycles. The molecule has 0 fully saturated rings. The molecule has 118 valence electrons. The minimum Gasteiger partial charge on any atom is -0.469 e. The monoisotopic (exact) mass is 326 g/mol. The van der Waals surface area contributed by atoms with E-state index < -0.39 is 0 Å². The fourth-order valence-electron chi connectivity index (χ4n) is 2.86. The highest BCUT2D eigenvalue weighted by atomic mass is 32.1. The number of nitrogens with one attached hydrogen (secondary N) is 1. The fraction of sp³-hybridized carbons (Fsp3) is 0.222. The molecule has 4 nitrogen and oxygen atoms in total. The van der Waals surface area contributed by atoms with Gasteiger partial charge >= 0.3 is 5.97 Å². The largest absolute Gasteiger partial charge is 0.469 e. The number of esters is 1. The van der Waals surface area contributed by atoms with Gasteiger partial charge in [-0.3, -0.25) is 4.79 Å². The zero-order chi connectivity index (χ0) is 16.4. The minimum atomic E-state index is -0.256. The molecule has 0 saturated carbocycles. The number of ether oxygens (including phenoxy) is 1. The number of nitrogens with zero attached hydrogens (tertiary/aromatic N) is 1. The van der Waals surface area contributed by atoms with Gasteiger partial charge in [-0.1, -0.05) is 35.9 Å². The van der Waals surface area contributed by atoms with Gasteiger partial charge in [-0.25, -0.2) is 0 Å². The summed E-state index contributed by atoms with van der Waals surface area (Å²) in [6.45, 7) is 2.04. The van der Waals surface area contributed by atoms with Gasteiger partial charge in [-0.05, 0) is 42.9 Å². The molecular weight excluding hydrogens is 308 g/mol. The number of methoxy groups -OCH3 is 1. The molecule has 2 aromatic rings. The van der Waals surface area contributed by atoms with Crippen LogP contribution in [0.3, 0.4) is 0 Å². The van der Waals surface area contributed by atoms with Crippen LogP contribution in [0.5, 0.6) is 0 Å². The Labute approximate surface area is 141 Å². The lowest BCUT2D eigenvalue weighted by molar-refractivity contribution is -0.141. The summed E-state index contributed by atoms with van der Waals surface area (Å²) < 4.78 is 4.89. The molecule has 1 atom stereocenters. The third kappa shape index (κ3) is 3.05. The molecule has 0 spiro atoms. The molecule has 1 aliphatic rings. The van der Waals surface area contributed by atoms with Gasteiger partial charge in [0.15, 0.2) is 5.11 Å². The van der Waals surface area contributed by atoms with Crippen molar-refractivity contribution in [2.24, 2.45) is 0 Å². The third-order valence-corrected chi connectivity index (χ3v) is 4.26. The number of thiocarbonyl (C=S) groups is 1. The second-order valence-electron chi connectivity index (χ2n) is 5.52. The van der Waals surface area contributed by atoms with Crippen LogP contribution >= 0.6 is 12.2 Å². The molecule has 1 heterocycles. The van der Waals surface area contributed by atoms with Crippen LogP contribution in [0.15, 0.2) is 48.5 Å². The summed E-state index contributed by atoms with van der Waals surface area (Å²) in [5.41, 5.74) is 4.09. The van der Waals surface area contributed by atoms with Gasteiger partial charge in [0, 0.05) is 11.4 Å². The highest BCUT2D eigenvalue weighted by molar-refractivity contribution is 7.80. The molecule has 1 N–H and O–H groups in total. The number of benzene rings is 2. The van der Waals surface area contributed by atoms with E-state index in [0.717, 1.165) is 22.5 Å². The van der Waals surface area contributed by atoms with Gasteiger partial charge in [-0.2, -0.15) is 0 Å². The standard InChI is InChI=1S/C18H18N2O2S/c1-12-8-9-15-14(10-12)16(11-17(21)22-2)20(18(23)19-15)13-6-4-3-5-7-13/h3-10,16H,11H2,1-2H3,(H,19,23). The lowest BCUT2D eigenvalue weighted by Gasteiger charge is -2.39. The smallest absolute Gasteiger partial charge is 0.307 e. The Bertz CT molecular complexity index is 746. The van der Waals surface area contributed by atoms with Crippen molar-refractivity contribution >= 4 is 34.7 Å². The normalized spacial score (nSPS) is 16.5. The summed E-state index contributed by atoms with van der Waals surface area (Å²) in [7, 11) is 1.41. The Kier molecular flexibility index (Phi) is 4.30. The number of fused-ring (bicyclic) bond motifs is 1. The van der Waals surface area contributed by atoms with Crippen molar-refractivity contribution in [1.82, 2.24) is 0 Å². The van der Waals surface area contributed by atoms with E-state index in [1.54, 1.807) is 0 Å². The minimum absolute atomic E-state index is 0.187. The Hall–Kier alpha value is -2.40. The van der Waals surface area contributed by atoms with Crippen molar-refractivity contribution in [3.05, 3.63) is 59.7 Å². The number of para-hydroxylation sites is 1. The number of aryl methyl sites for hydroxylation is 1. The van der Waals surface area contributed by atoms with Crippen LogP contribution in [0.4, 0.5) is 11.4 Å². The molecule has 23 heavy (non-hydrogen) atoms. The lowest BCUT2D eigenvalue weighted by atomic mass is 9.95. The highest BCUT2D eigenvalue weighted by Crippen LogP contribution is 2.38. The average molecular weight is 326 g/mol. The number of anilines is 2. The Morgan fingerprint density at radius 1 is 1.26 bits per heavy atom. The van der Waals surface area contributed by atoms with Gasteiger partial charge in [0.2, 0.25) is 0 Å². The van der Waals surface area contributed by atoms with Crippen LogP contribution in [-0.2, 0) is 9.53 Å². The van der Waals surface area contributed by atoms with E-state index in [-0.39, 0.29) is 18.4 Å². The van der Waals surface area contributed by atoms with Crippen molar-refractivity contribution in [2.75, 3.05) is 17.3 Å². The van der Waals surface area contributed by atoms with Crippen LogP contribution in [0, 0.1) is 6.92 Å². The summed E-state index contributed by atoms with van der Waals surface area (Å²) in [6, 6.07) is 15.8. The third-order valence-electron chi connectivity index (χ3n) is 3.96. The molecule has 1 aliphatic heterocycles. The molecule has 2 aromatic carbocycles. The summed E-state index contributed by atoms with van der Waals surface area (Å²) in [6.07, 6.45) is 0.240. The van der Waals surface area contributed by atoms with E-state index in [1.807, 2.05) is 54.3 Å². The zero-order valence-electron chi connectivity index (χ0n) is 13.1. The Morgan fingerprint density at radius 2 is 2.00 bits per heavy atom. The van der Waals surface area contributed by atoms with Crippen LogP contribution in [-0.4, -0.2) is 18.2 Å². The molecule has 0 bridgehead atoms. The maximum Gasteiger partial charge on any atom is 0.307 e. The van der Waals surface area contributed by atoms with Gasteiger partial charge in [-0.15, -0.1) is 0 Å². The summed E-state index contributed by atoms with van der Waals surface area (Å²) >= 11 is 5.55. The maximum atomic E-state index is 11.9. The molecule has 3 rings (SSSR count).